The molecular weight excluding hydrogens is 148 g/mol. The zero-order valence-electron chi connectivity index (χ0n) is 7.63. The molecule has 0 aliphatic rings. The molecule has 0 atom stereocenters. The van der Waals surface area contributed by atoms with E-state index >= 15 is 0 Å². The summed E-state index contributed by atoms with van der Waals surface area (Å²) in [5.41, 5.74) is 1.26. The normalized spacial score (nSPS) is 10.8. The molecule has 1 aromatic heterocycles. The summed E-state index contributed by atoms with van der Waals surface area (Å²) < 4.78 is 0. The Balaban J connectivity index is 3.13. The van der Waals surface area contributed by atoms with E-state index in [1.54, 1.807) is 6.20 Å². The summed E-state index contributed by atoms with van der Waals surface area (Å²) in [7, 11) is 0. The van der Waals surface area contributed by atoms with E-state index in [2.05, 4.69) is 30.6 Å². The molecule has 0 fully saturated rings. The van der Waals surface area contributed by atoms with Gasteiger partial charge in [0.1, 0.15) is 6.20 Å². The molecule has 0 saturated carbocycles. The fraction of sp³-hybridized carbons (Fsp3) is 0.400. The molecule has 0 unspecified atom stereocenters. The third-order valence-electron chi connectivity index (χ3n) is 1.73. The Morgan fingerprint density at radius 1 is 1.42 bits per heavy atom. The molecule has 2 heteroatoms. The van der Waals surface area contributed by atoms with Crippen molar-refractivity contribution in [3.63, 3.8) is 0 Å². The van der Waals surface area contributed by atoms with Crippen LogP contribution in [0, 0.1) is 6.57 Å². The quantitative estimate of drug-likeness (QED) is 0.533. The summed E-state index contributed by atoms with van der Waals surface area (Å²) in [5.74, 6) is 0.474. The third kappa shape index (κ3) is 1.82. The van der Waals surface area contributed by atoms with Gasteiger partial charge in [-0.15, -0.1) is 4.98 Å². The highest BCUT2D eigenvalue weighted by molar-refractivity contribution is 5.40. The highest BCUT2D eigenvalue weighted by Crippen LogP contribution is 2.23. The molecule has 0 aromatic carbocycles. The summed E-state index contributed by atoms with van der Waals surface area (Å²) in [4.78, 5) is 7.20. The van der Waals surface area contributed by atoms with Gasteiger partial charge in [-0.1, -0.05) is 27.3 Å². The van der Waals surface area contributed by atoms with Crippen LogP contribution in [0.25, 0.3) is 4.85 Å². The van der Waals surface area contributed by atoms with Gasteiger partial charge in [0, 0.05) is 0 Å². The number of hydrogen-bond acceptors (Lipinski definition) is 1. The molecule has 0 amide bonds. The molecule has 0 aliphatic heterocycles. The van der Waals surface area contributed by atoms with Crippen LogP contribution in [0.3, 0.4) is 0 Å². The first-order chi connectivity index (χ1) is 5.54. The molecule has 0 saturated heterocycles. The van der Waals surface area contributed by atoms with Crippen molar-refractivity contribution in [2.75, 3.05) is 0 Å². The van der Waals surface area contributed by atoms with E-state index in [9.17, 15) is 0 Å². The molecule has 0 bridgehead atoms. The Labute approximate surface area is 73.1 Å². The maximum atomic E-state index is 6.81. The van der Waals surface area contributed by atoms with Gasteiger partial charge in [0.2, 0.25) is 0 Å². The van der Waals surface area contributed by atoms with Gasteiger partial charge in [0.15, 0.2) is 0 Å². The molecule has 0 aliphatic carbocycles. The van der Waals surface area contributed by atoms with Crippen molar-refractivity contribution >= 4 is 5.82 Å². The lowest BCUT2D eigenvalue weighted by Gasteiger charge is -2.18. The summed E-state index contributed by atoms with van der Waals surface area (Å²) in [6, 6.07) is 3.79. The minimum absolute atomic E-state index is 0.0996. The number of aromatic nitrogens is 1. The van der Waals surface area contributed by atoms with E-state index in [0.717, 1.165) is 5.56 Å². The Bertz CT molecular complexity index is 315. The second kappa shape index (κ2) is 2.94. The predicted octanol–water partition coefficient (Wildman–Crippen LogP) is 2.93. The Morgan fingerprint density at radius 2 is 2.08 bits per heavy atom. The number of pyridine rings is 1. The summed E-state index contributed by atoms with van der Waals surface area (Å²) in [6.45, 7) is 13.2. The van der Waals surface area contributed by atoms with Gasteiger partial charge in [0.05, 0.1) is 0 Å². The zero-order chi connectivity index (χ0) is 9.19. The van der Waals surface area contributed by atoms with Gasteiger partial charge < -0.3 is 4.85 Å². The summed E-state index contributed by atoms with van der Waals surface area (Å²) >= 11 is 0. The van der Waals surface area contributed by atoms with Crippen LogP contribution < -0.4 is 0 Å². The lowest BCUT2D eigenvalue weighted by molar-refractivity contribution is 0.590. The monoisotopic (exact) mass is 160 g/mol. The van der Waals surface area contributed by atoms with E-state index in [0.29, 0.717) is 5.82 Å². The zero-order valence-corrected chi connectivity index (χ0v) is 7.63. The topological polar surface area (TPSA) is 17.2 Å². The number of hydrogen-bond donors (Lipinski definition) is 0. The first kappa shape index (κ1) is 8.73. The lowest BCUT2D eigenvalue weighted by atomic mass is 9.88. The van der Waals surface area contributed by atoms with Crippen molar-refractivity contribution < 1.29 is 0 Å². The van der Waals surface area contributed by atoms with E-state index in [-0.39, 0.29) is 5.41 Å². The van der Waals surface area contributed by atoms with E-state index in [4.69, 9.17) is 6.57 Å². The smallest absolute Gasteiger partial charge is 0.269 e. The van der Waals surface area contributed by atoms with Crippen LogP contribution in [-0.4, -0.2) is 4.98 Å². The second-order valence-electron chi connectivity index (χ2n) is 3.76. The van der Waals surface area contributed by atoms with Crippen LogP contribution in [0.4, 0.5) is 5.82 Å². The van der Waals surface area contributed by atoms with Crippen LogP contribution in [0.1, 0.15) is 26.3 Å². The fourth-order valence-electron chi connectivity index (χ4n) is 0.946. The maximum Gasteiger partial charge on any atom is 0.269 e. The Kier molecular flexibility index (Phi) is 2.14. The van der Waals surface area contributed by atoms with Crippen molar-refractivity contribution in [2.24, 2.45) is 0 Å². The van der Waals surface area contributed by atoms with Crippen LogP contribution in [0.5, 0.6) is 0 Å². The summed E-state index contributed by atoms with van der Waals surface area (Å²) in [5, 5.41) is 0. The Morgan fingerprint density at radius 3 is 2.58 bits per heavy atom. The van der Waals surface area contributed by atoms with Crippen LogP contribution in [0.2, 0.25) is 0 Å². The summed E-state index contributed by atoms with van der Waals surface area (Å²) in [6.07, 6.45) is 1.69. The van der Waals surface area contributed by atoms with Crippen LogP contribution in [0.15, 0.2) is 18.3 Å². The molecule has 1 aromatic rings. The molecule has 0 spiro atoms. The van der Waals surface area contributed by atoms with Crippen LogP contribution >= 0.6 is 0 Å². The highest BCUT2D eigenvalue weighted by Gasteiger charge is 2.13. The minimum Gasteiger partial charge on any atom is -0.361 e. The van der Waals surface area contributed by atoms with Gasteiger partial charge in [-0.2, -0.15) is 0 Å². The largest absolute Gasteiger partial charge is 0.361 e. The average Bonchev–Trinajstić information content (AvgIpc) is 2.03. The predicted molar refractivity (Wildman–Crippen MR) is 49.2 cm³/mol. The highest BCUT2D eigenvalue weighted by atomic mass is 14.8. The minimum atomic E-state index is 0.0996. The molecule has 0 N–H and O–H groups in total. The molecule has 0 radical (unpaired) electrons. The van der Waals surface area contributed by atoms with E-state index < -0.39 is 0 Å². The van der Waals surface area contributed by atoms with Gasteiger partial charge in [-0.25, -0.2) is 0 Å². The van der Waals surface area contributed by atoms with Gasteiger partial charge >= 0.3 is 0 Å². The lowest BCUT2D eigenvalue weighted by Crippen LogP contribution is -2.10. The standard InChI is InChI=1S/C10H12N2/c1-10(2,3)8-5-6-12-9(7-8)11-4/h5-7H,1-3H3. The molecule has 62 valence electrons. The van der Waals surface area contributed by atoms with Gasteiger partial charge in [0.25, 0.3) is 5.82 Å². The van der Waals surface area contributed by atoms with Gasteiger partial charge in [-0.05, 0) is 23.1 Å². The average molecular weight is 160 g/mol. The molecule has 1 rings (SSSR count). The van der Waals surface area contributed by atoms with Crippen molar-refractivity contribution in [3.05, 3.63) is 35.3 Å². The van der Waals surface area contributed by atoms with E-state index in [1.807, 2.05) is 12.1 Å². The van der Waals surface area contributed by atoms with Gasteiger partial charge in [-0.3, -0.25) is 0 Å². The van der Waals surface area contributed by atoms with Crippen molar-refractivity contribution in [1.29, 1.82) is 0 Å². The number of rotatable bonds is 0. The molecular formula is C10H12N2. The maximum absolute atomic E-state index is 6.81. The first-order valence-corrected chi connectivity index (χ1v) is 3.88. The van der Waals surface area contributed by atoms with Crippen molar-refractivity contribution in [1.82, 2.24) is 4.98 Å². The van der Waals surface area contributed by atoms with Crippen molar-refractivity contribution in [3.8, 4) is 0 Å². The van der Waals surface area contributed by atoms with Crippen molar-refractivity contribution in [2.45, 2.75) is 26.2 Å². The number of nitrogens with zero attached hydrogens (tertiary/aromatic N) is 2. The van der Waals surface area contributed by atoms with Crippen LogP contribution in [-0.2, 0) is 5.41 Å². The van der Waals surface area contributed by atoms with E-state index in [1.165, 1.54) is 0 Å². The SMILES string of the molecule is [C-]#[N+]c1cc(C(C)(C)C)ccn1. The molecule has 2 nitrogen and oxygen atoms in total. The first-order valence-electron chi connectivity index (χ1n) is 3.88. The molecule has 12 heavy (non-hydrogen) atoms. The molecule has 1 heterocycles. The fourth-order valence-corrected chi connectivity index (χ4v) is 0.946. The Hall–Kier alpha value is -1.36. The second-order valence-corrected chi connectivity index (χ2v) is 3.76. The third-order valence-corrected chi connectivity index (χ3v) is 1.73.